The first-order chi connectivity index (χ1) is 16.0. The van der Waals surface area contributed by atoms with E-state index in [4.69, 9.17) is 4.55 Å². The maximum Gasteiger partial charge on any atom is 0.261 e. The van der Waals surface area contributed by atoms with Crippen LogP contribution in [0.25, 0.3) is 0 Å². The van der Waals surface area contributed by atoms with Crippen LogP contribution in [0.4, 0.5) is 10.1 Å². The number of rotatable bonds is 5. The van der Waals surface area contributed by atoms with Crippen LogP contribution in [0.3, 0.4) is 0 Å². The van der Waals surface area contributed by atoms with Gasteiger partial charge in [-0.15, -0.1) is 0 Å². The average molecular weight is 495 g/mol. The molecule has 3 N–H and O–H groups in total. The molecule has 0 aromatic heterocycles. The highest BCUT2D eigenvalue weighted by Gasteiger charge is 2.41. The standard InChI is InChI=1S/C23H27FN2O3.CH4O3S/c24-19-8-6-18(7-9-19)23(29)10-13-25(14-11-23)21-16-17-4-1-2-5-20(17)26(22(21)28)12-3-15-27;1-5(2,3)4/h1-2,4-9,21,27,29H,3,10-16H2;1H3,(H,2,3,4). The van der Waals surface area contributed by atoms with E-state index in [1.54, 1.807) is 17.0 Å². The second-order valence-corrected chi connectivity index (χ2v) is 10.2. The van der Waals surface area contributed by atoms with Crippen LogP contribution in [0.15, 0.2) is 48.5 Å². The Morgan fingerprint density at radius 2 is 1.68 bits per heavy atom. The lowest BCUT2D eigenvalue weighted by atomic mass is 9.83. The van der Waals surface area contributed by atoms with Crippen LogP contribution in [0.1, 0.15) is 30.4 Å². The maximum absolute atomic E-state index is 13.3. The molecule has 10 heteroatoms. The molecule has 0 bridgehead atoms. The van der Waals surface area contributed by atoms with Crippen LogP contribution in [-0.4, -0.2) is 72.5 Å². The molecule has 1 atom stereocenters. The van der Waals surface area contributed by atoms with Crippen LogP contribution >= 0.6 is 0 Å². The number of benzene rings is 2. The van der Waals surface area contributed by atoms with Gasteiger partial charge in [-0.1, -0.05) is 30.3 Å². The molecule has 2 aliphatic rings. The summed E-state index contributed by atoms with van der Waals surface area (Å²) < 4.78 is 39.1. The van der Waals surface area contributed by atoms with E-state index in [0.717, 1.165) is 16.8 Å². The van der Waals surface area contributed by atoms with Gasteiger partial charge in [-0.3, -0.25) is 14.2 Å². The van der Waals surface area contributed by atoms with E-state index in [-0.39, 0.29) is 24.4 Å². The van der Waals surface area contributed by atoms with E-state index in [2.05, 4.69) is 11.0 Å². The smallest absolute Gasteiger partial charge is 0.261 e. The number of aliphatic hydroxyl groups excluding tert-OH is 1. The van der Waals surface area contributed by atoms with Gasteiger partial charge >= 0.3 is 0 Å². The molecule has 1 fully saturated rings. The minimum atomic E-state index is -3.67. The fourth-order valence-corrected chi connectivity index (χ4v) is 4.54. The highest BCUT2D eigenvalue weighted by atomic mass is 32.2. The summed E-state index contributed by atoms with van der Waals surface area (Å²) >= 11 is 0. The molecule has 186 valence electrons. The average Bonchev–Trinajstić information content (AvgIpc) is 2.78. The minimum absolute atomic E-state index is 0.0467. The Morgan fingerprint density at radius 1 is 1.09 bits per heavy atom. The molecule has 34 heavy (non-hydrogen) atoms. The molecule has 0 radical (unpaired) electrons. The van der Waals surface area contributed by atoms with Crippen molar-refractivity contribution >= 4 is 21.7 Å². The van der Waals surface area contributed by atoms with Crippen molar-refractivity contribution in [3.05, 3.63) is 65.5 Å². The fourth-order valence-electron chi connectivity index (χ4n) is 4.54. The molecule has 0 spiro atoms. The zero-order valence-corrected chi connectivity index (χ0v) is 19.9. The first-order valence-electron chi connectivity index (χ1n) is 11.2. The van der Waals surface area contributed by atoms with Crippen molar-refractivity contribution in [1.82, 2.24) is 4.90 Å². The monoisotopic (exact) mass is 494 g/mol. The SMILES string of the molecule is CS(=O)(=O)O.O=C1C(N2CCC(O)(c3ccc(F)cc3)CC2)Cc2ccccc2N1CCCO. The number of aliphatic hydroxyl groups is 2. The number of amides is 1. The summed E-state index contributed by atoms with van der Waals surface area (Å²) in [5, 5.41) is 20.3. The summed E-state index contributed by atoms with van der Waals surface area (Å²) in [4.78, 5) is 17.2. The van der Waals surface area contributed by atoms with Crippen molar-refractivity contribution < 1.29 is 32.4 Å². The van der Waals surface area contributed by atoms with Crippen molar-refractivity contribution in [2.45, 2.75) is 37.3 Å². The Hall–Kier alpha value is -2.37. The lowest BCUT2D eigenvalue weighted by molar-refractivity contribution is -0.126. The van der Waals surface area contributed by atoms with Crippen molar-refractivity contribution in [3.63, 3.8) is 0 Å². The fraction of sp³-hybridized carbons (Fsp3) is 0.458. The molecule has 0 aliphatic carbocycles. The molecule has 1 saturated heterocycles. The summed E-state index contributed by atoms with van der Waals surface area (Å²) in [6.07, 6.45) is 2.91. The summed E-state index contributed by atoms with van der Waals surface area (Å²) in [6, 6.07) is 13.7. The van der Waals surface area contributed by atoms with Crippen LogP contribution in [0, 0.1) is 5.82 Å². The number of hydrogen-bond donors (Lipinski definition) is 3. The van der Waals surface area contributed by atoms with Gasteiger partial charge in [0.2, 0.25) is 5.91 Å². The van der Waals surface area contributed by atoms with E-state index in [9.17, 15) is 27.8 Å². The first-order valence-corrected chi connectivity index (χ1v) is 13.0. The largest absolute Gasteiger partial charge is 0.396 e. The number of carbonyl (C=O) groups excluding carboxylic acids is 1. The van der Waals surface area contributed by atoms with Crippen molar-refractivity contribution in [2.75, 3.05) is 37.4 Å². The van der Waals surface area contributed by atoms with Crippen LogP contribution in [0.2, 0.25) is 0 Å². The molecular formula is C24H31FN2O6S. The topological polar surface area (TPSA) is 118 Å². The van der Waals surface area contributed by atoms with Gasteiger partial charge < -0.3 is 15.1 Å². The van der Waals surface area contributed by atoms with Crippen molar-refractivity contribution in [2.24, 2.45) is 0 Å². The van der Waals surface area contributed by atoms with Crippen molar-refractivity contribution in [3.8, 4) is 0 Å². The molecule has 2 aromatic carbocycles. The summed E-state index contributed by atoms with van der Waals surface area (Å²) in [5.74, 6) is -0.256. The Kier molecular flexibility index (Phi) is 8.43. The first kappa shape index (κ1) is 26.2. The van der Waals surface area contributed by atoms with E-state index >= 15 is 0 Å². The second-order valence-electron chi connectivity index (χ2n) is 8.72. The van der Waals surface area contributed by atoms with Gasteiger partial charge in [-0.05, 0) is 55.0 Å². The number of halogens is 1. The number of carbonyl (C=O) groups is 1. The highest BCUT2D eigenvalue weighted by molar-refractivity contribution is 7.85. The molecular weight excluding hydrogens is 463 g/mol. The predicted octanol–water partition coefficient (Wildman–Crippen LogP) is 1.95. The third-order valence-electron chi connectivity index (χ3n) is 6.23. The molecule has 1 amide bonds. The number of piperidine rings is 1. The van der Waals surface area contributed by atoms with Crippen LogP contribution in [-0.2, 0) is 26.9 Å². The van der Waals surface area contributed by atoms with E-state index in [1.807, 2.05) is 18.2 Å². The number of nitrogens with zero attached hydrogens (tertiary/aromatic N) is 2. The van der Waals surface area contributed by atoms with Crippen molar-refractivity contribution in [1.29, 1.82) is 0 Å². The summed E-state index contributed by atoms with van der Waals surface area (Å²) in [6.45, 7) is 1.74. The number of anilines is 1. The van der Waals surface area contributed by atoms with Crippen LogP contribution < -0.4 is 4.90 Å². The molecule has 2 aliphatic heterocycles. The molecule has 2 aromatic rings. The number of hydrogen-bond acceptors (Lipinski definition) is 6. The normalized spacial score (nSPS) is 20.3. The van der Waals surface area contributed by atoms with E-state index < -0.39 is 15.7 Å². The van der Waals surface area contributed by atoms with Gasteiger partial charge in [0.15, 0.2) is 0 Å². The van der Waals surface area contributed by atoms with E-state index in [1.165, 1.54) is 12.1 Å². The lowest BCUT2D eigenvalue weighted by Gasteiger charge is -2.44. The van der Waals surface area contributed by atoms with Gasteiger partial charge in [0.05, 0.1) is 17.9 Å². The van der Waals surface area contributed by atoms with E-state index in [0.29, 0.717) is 51.6 Å². The predicted molar refractivity (Wildman–Crippen MR) is 127 cm³/mol. The second kappa shape index (κ2) is 10.9. The molecule has 1 unspecified atom stereocenters. The lowest BCUT2D eigenvalue weighted by Crippen LogP contribution is -2.56. The zero-order valence-electron chi connectivity index (χ0n) is 19.1. The molecule has 4 rings (SSSR count). The Labute approximate surface area is 199 Å². The van der Waals surface area contributed by atoms with Gasteiger partial charge in [-0.25, -0.2) is 4.39 Å². The molecule has 8 nitrogen and oxygen atoms in total. The quantitative estimate of drug-likeness (QED) is 0.544. The number of likely N-dealkylation sites (tertiary alicyclic amines) is 1. The zero-order chi connectivity index (χ0) is 24.9. The highest BCUT2D eigenvalue weighted by Crippen LogP contribution is 2.36. The maximum atomic E-state index is 13.3. The minimum Gasteiger partial charge on any atom is -0.396 e. The Balaban J connectivity index is 0.000000588. The Morgan fingerprint density at radius 3 is 2.26 bits per heavy atom. The summed E-state index contributed by atoms with van der Waals surface area (Å²) in [5.41, 5.74) is 1.80. The Bertz CT molecular complexity index is 1080. The van der Waals surface area contributed by atoms with Gasteiger partial charge in [-0.2, -0.15) is 8.42 Å². The molecule has 2 heterocycles. The third kappa shape index (κ3) is 6.61. The van der Waals surface area contributed by atoms with Gasteiger partial charge in [0, 0.05) is 31.9 Å². The van der Waals surface area contributed by atoms with Gasteiger partial charge in [0.25, 0.3) is 10.1 Å². The number of fused-ring (bicyclic) bond motifs is 1. The molecule has 0 saturated carbocycles. The van der Waals surface area contributed by atoms with Crippen LogP contribution in [0.5, 0.6) is 0 Å². The third-order valence-corrected chi connectivity index (χ3v) is 6.23. The van der Waals surface area contributed by atoms with Gasteiger partial charge in [0.1, 0.15) is 5.82 Å². The summed E-state index contributed by atoms with van der Waals surface area (Å²) in [7, 11) is -3.67. The number of para-hydroxylation sites is 1.